The van der Waals surface area contributed by atoms with Gasteiger partial charge in [0.1, 0.15) is 17.1 Å². The number of hydrogen-bond acceptors (Lipinski definition) is 5. The van der Waals surface area contributed by atoms with Gasteiger partial charge in [-0.2, -0.15) is 0 Å². The Labute approximate surface area is 150 Å². The average molecular weight is 364 g/mol. The van der Waals surface area contributed by atoms with Crippen LogP contribution in [-0.2, 0) is 9.53 Å². The van der Waals surface area contributed by atoms with Crippen LogP contribution in [0.4, 0.5) is 0 Å². The van der Waals surface area contributed by atoms with Crippen molar-refractivity contribution in [1.29, 1.82) is 0 Å². The molecular weight excluding hydrogens is 346 g/mol. The lowest BCUT2D eigenvalue weighted by molar-refractivity contribution is -0.124. The Morgan fingerprint density at radius 2 is 2.00 bits per heavy atom. The average Bonchev–Trinajstić information content (AvgIpc) is 2.60. The van der Waals surface area contributed by atoms with Gasteiger partial charge >= 0.3 is 5.97 Å². The Morgan fingerprint density at radius 3 is 2.68 bits per heavy atom. The summed E-state index contributed by atoms with van der Waals surface area (Å²) in [4.78, 5) is 24.0. The summed E-state index contributed by atoms with van der Waals surface area (Å²) >= 11 is 5.92. The summed E-state index contributed by atoms with van der Waals surface area (Å²) in [5.41, 5.74) is 0.757. The SMILES string of the molecule is COc1ccc(O)c(C(=O)OCC(=O)N[C@@H](C)c2cccc(Cl)c2)c1. The molecule has 25 heavy (non-hydrogen) atoms. The molecule has 0 aliphatic rings. The molecule has 1 amide bonds. The molecule has 0 aliphatic carbocycles. The zero-order chi connectivity index (χ0) is 18.4. The zero-order valence-corrected chi connectivity index (χ0v) is 14.5. The maximum Gasteiger partial charge on any atom is 0.342 e. The van der Waals surface area contributed by atoms with Crippen molar-refractivity contribution in [3.8, 4) is 11.5 Å². The standard InChI is InChI=1S/C18H18ClNO5/c1-11(12-4-3-5-13(19)8-12)20-17(22)10-25-18(23)15-9-14(24-2)6-7-16(15)21/h3-9,11,21H,10H2,1-2H3,(H,20,22)/t11-/m0/s1. The van der Waals surface area contributed by atoms with Crippen molar-refractivity contribution < 1.29 is 24.2 Å². The Kier molecular flexibility index (Phi) is 6.25. The van der Waals surface area contributed by atoms with E-state index in [1.165, 1.54) is 25.3 Å². The van der Waals surface area contributed by atoms with Crippen LogP contribution < -0.4 is 10.1 Å². The first-order chi connectivity index (χ1) is 11.9. The smallest absolute Gasteiger partial charge is 0.342 e. The van der Waals surface area contributed by atoms with Crippen LogP contribution in [0.25, 0.3) is 0 Å². The lowest BCUT2D eigenvalue weighted by Gasteiger charge is -2.15. The van der Waals surface area contributed by atoms with E-state index >= 15 is 0 Å². The summed E-state index contributed by atoms with van der Waals surface area (Å²) in [6.07, 6.45) is 0. The maximum atomic E-state index is 12.0. The van der Waals surface area contributed by atoms with E-state index in [2.05, 4.69) is 5.32 Å². The quantitative estimate of drug-likeness (QED) is 0.770. The van der Waals surface area contributed by atoms with Gasteiger partial charge in [-0.05, 0) is 42.8 Å². The summed E-state index contributed by atoms with van der Waals surface area (Å²) in [5.74, 6) is -1.15. The minimum atomic E-state index is -0.818. The van der Waals surface area contributed by atoms with E-state index in [1.807, 2.05) is 6.07 Å². The number of phenols is 1. The van der Waals surface area contributed by atoms with Gasteiger partial charge in [0.2, 0.25) is 0 Å². The number of phenolic OH excluding ortho intramolecular Hbond substituents is 1. The minimum absolute atomic E-state index is 0.0740. The molecule has 0 saturated heterocycles. The first-order valence-corrected chi connectivity index (χ1v) is 7.87. The van der Waals surface area contributed by atoms with Gasteiger partial charge in [-0.3, -0.25) is 4.79 Å². The Hall–Kier alpha value is -2.73. The summed E-state index contributed by atoms with van der Waals surface area (Å²) in [6.45, 7) is 1.32. The normalized spacial score (nSPS) is 11.5. The zero-order valence-electron chi connectivity index (χ0n) is 13.8. The van der Waals surface area contributed by atoms with Crippen molar-refractivity contribution in [3.05, 3.63) is 58.6 Å². The number of aromatic hydroxyl groups is 1. The topological polar surface area (TPSA) is 84.9 Å². The van der Waals surface area contributed by atoms with Gasteiger partial charge < -0.3 is 19.9 Å². The Morgan fingerprint density at radius 1 is 1.24 bits per heavy atom. The summed E-state index contributed by atoms with van der Waals surface area (Å²) < 4.78 is 9.93. The fourth-order valence-corrected chi connectivity index (χ4v) is 2.36. The molecule has 2 aromatic carbocycles. The third-order valence-corrected chi connectivity index (χ3v) is 3.72. The van der Waals surface area contributed by atoms with Crippen LogP contribution in [0.15, 0.2) is 42.5 Å². The van der Waals surface area contributed by atoms with Crippen molar-refractivity contribution in [2.45, 2.75) is 13.0 Å². The highest BCUT2D eigenvalue weighted by Gasteiger charge is 2.17. The van der Waals surface area contributed by atoms with Gasteiger partial charge in [0.25, 0.3) is 5.91 Å². The molecule has 0 bridgehead atoms. The number of esters is 1. The molecule has 0 aromatic heterocycles. The summed E-state index contributed by atoms with van der Waals surface area (Å²) in [5, 5.41) is 13.0. The van der Waals surface area contributed by atoms with Crippen molar-refractivity contribution in [1.82, 2.24) is 5.32 Å². The highest BCUT2D eigenvalue weighted by molar-refractivity contribution is 6.30. The minimum Gasteiger partial charge on any atom is -0.507 e. The second-order valence-electron chi connectivity index (χ2n) is 5.30. The molecule has 0 heterocycles. The fraction of sp³-hybridized carbons (Fsp3) is 0.222. The molecule has 0 unspecified atom stereocenters. The van der Waals surface area contributed by atoms with Crippen LogP contribution in [0.5, 0.6) is 11.5 Å². The van der Waals surface area contributed by atoms with Gasteiger partial charge in [0.15, 0.2) is 6.61 Å². The number of halogens is 1. The molecule has 2 aromatic rings. The summed E-state index contributed by atoms with van der Waals surface area (Å²) in [6, 6.07) is 11.0. The molecule has 2 N–H and O–H groups in total. The van der Waals surface area contributed by atoms with Crippen molar-refractivity contribution >= 4 is 23.5 Å². The lowest BCUT2D eigenvalue weighted by atomic mass is 10.1. The van der Waals surface area contributed by atoms with Gasteiger partial charge in [-0.25, -0.2) is 4.79 Å². The van der Waals surface area contributed by atoms with E-state index in [9.17, 15) is 14.7 Å². The number of hydrogen-bond donors (Lipinski definition) is 2. The van der Waals surface area contributed by atoms with E-state index in [-0.39, 0.29) is 17.4 Å². The molecule has 0 saturated carbocycles. The van der Waals surface area contributed by atoms with Crippen LogP contribution in [-0.4, -0.2) is 30.7 Å². The highest BCUT2D eigenvalue weighted by atomic mass is 35.5. The number of carbonyl (C=O) groups excluding carboxylic acids is 2. The molecule has 0 spiro atoms. The molecule has 0 aliphatic heterocycles. The molecule has 0 fully saturated rings. The second-order valence-corrected chi connectivity index (χ2v) is 5.74. The largest absolute Gasteiger partial charge is 0.507 e. The number of benzene rings is 2. The Balaban J connectivity index is 1.92. The van der Waals surface area contributed by atoms with Gasteiger partial charge in [-0.1, -0.05) is 23.7 Å². The second kappa shape index (κ2) is 8.39. The summed E-state index contributed by atoms with van der Waals surface area (Å²) in [7, 11) is 1.44. The first kappa shape index (κ1) is 18.6. The number of nitrogens with one attached hydrogen (secondary N) is 1. The molecular formula is C18H18ClNO5. The molecule has 2 rings (SSSR count). The van der Waals surface area contributed by atoms with E-state index in [0.29, 0.717) is 10.8 Å². The van der Waals surface area contributed by atoms with E-state index in [0.717, 1.165) is 5.56 Å². The van der Waals surface area contributed by atoms with Crippen molar-refractivity contribution in [2.75, 3.05) is 13.7 Å². The predicted octanol–water partition coefficient (Wildman–Crippen LogP) is 3.09. The fourth-order valence-electron chi connectivity index (χ4n) is 2.16. The third-order valence-electron chi connectivity index (χ3n) is 3.48. The number of amides is 1. The van der Waals surface area contributed by atoms with E-state index < -0.39 is 18.5 Å². The molecule has 0 radical (unpaired) electrons. The van der Waals surface area contributed by atoms with Gasteiger partial charge in [0.05, 0.1) is 13.2 Å². The highest BCUT2D eigenvalue weighted by Crippen LogP contribution is 2.23. The van der Waals surface area contributed by atoms with Crippen LogP contribution in [0.2, 0.25) is 5.02 Å². The predicted molar refractivity (Wildman–Crippen MR) is 93.0 cm³/mol. The van der Waals surface area contributed by atoms with Crippen molar-refractivity contribution in [3.63, 3.8) is 0 Å². The van der Waals surface area contributed by atoms with E-state index in [1.54, 1.807) is 25.1 Å². The monoisotopic (exact) mass is 363 g/mol. The van der Waals surface area contributed by atoms with Crippen LogP contribution >= 0.6 is 11.6 Å². The molecule has 1 atom stereocenters. The number of ether oxygens (including phenoxy) is 2. The first-order valence-electron chi connectivity index (χ1n) is 7.49. The molecule has 6 nitrogen and oxygen atoms in total. The lowest BCUT2D eigenvalue weighted by Crippen LogP contribution is -2.31. The van der Waals surface area contributed by atoms with E-state index in [4.69, 9.17) is 21.1 Å². The number of carbonyl (C=O) groups is 2. The Bertz CT molecular complexity index is 778. The van der Waals surface area contributed by atoms with Crippen molar-refractivity contribution in [2.24, 2.45) is 0 Å². The van der Waals surface area contributed by atoms with Crippen LogP contribution in [0, 0.1) is 0 Å². The molecule has 7 heteroatoms. The molecule has 132 valence electrons. The van der Waals surface area contributed by atoms with Gasteiger partial charge in [0, 0.05) is 5.02 Å². The van der Waals surface area contributed by atoms with Crippen LogP contribution in [0.3, 0.4) is 0 Å². The van der Waals surface area contributed by atoms with Gasteiger partial charge in [-0.15, -0.1) is 0 Å². The maximum absolute atomic E-state index is 12.0. The number of methoxy groups -OCH3 is 1. The third kappa shape index (κ3) is 5.12. The van der Waals surface area contributed by atoms with Crippen LogP contribution in [0.1, 0.15) is 28.9 Å². The number of rotatable bonds is 6.